The van der Waals surface area contributed by atoms with Crippen molar-refractivity contribution < 1.29 is 28.7 Å². The number of imidazole rings is 1. The summed E-state index contributed by atoms with van der Waals surface area (Å²) in [5.74, 6) is -1.38. The van der Waals surface area contributed by atoms with Crippen LogP contribution in [0.2, 0.25) is 0 Å². The molecule has 0 radical (unpaired) electrons. The molecular formula is C33H39N5O6S. The molecule has 0 saturated heterocycles. The van der Waals surface area contributed by atoms with Crippen molar-refractivity contribution in [1.29, 1.82) is 0 Å². The van der Waals surface area contributed by atoms with Crippen molar-refractivity contribution in [2.75, 3.05) is 11.9 Å². The molecule has 0 aliphatic rings. The lowest BCUT2D eigenvalue weighted by atomic mass is 10.0. The number of carbonyl (C=O) groups is 4. The largest absolute Gasteiger partial charge is 0.464 e. The Balaban J connectivity index is 1.57. The molecule has 3 N–H and O–H groups in total. The number of amides is 3. The number of rotatable bonds is 11. The van der Waals surface area contributed by atoms with Crippen LogP contribution in [0.4, 0.5) is 10.6 Å². The van der Waals surface area contributed by atoms with Gasteiger partial charge in [-0.25, -0.2) is 14.6 Å². The summed E-state index contributed by atoms with van der Waals surface area (Å²) in [6.45, 7) is 10.2. The predicted molar refractivity (Wildman–Crippen MR) is 173 cm³/mol. The molecule has 4 aromatic rings. The first-order chi connectivity index (χ1) is 21.3. The minimum Gasteiger partial charge on any atom is -0.464 e. The van der Waals surface area contributed by atoms with Crippen molar-refractivity contribution in [2.45, 2.75) is 71.2 Å². The van der Waals surface area contributed by atoms with E-state index in [4.69, 9.17) is 9.47 Å². The zero-order chi connectivity index (χ0) is 32.8. The molecule has 238 valence electrons. The topological polar surface area (TPSA) is 141 Å². The van der Waals surface area contributed by atoms with E-state index in [1.54, 1.807) is 49.8 Å². The van der Waals surface area contributed by atoms with E-state index in [0.29, 0.717) is 5.56 Å². The second kappa shape index (κ2) is 13.9. The molecule has 0 fully saturated rings. The number of fused-ring (bicyclic) bond motifs is 1. The normalized spacial score (nSPS) is 13.0. The fraction of sp³-hybridized carbons (Fsp3) is 0.364. The van der Waals surface area contributed by atoms with E-state index < -0.39 is 47.1 Å². The van der Waals surface area contributed by atoms with Crippen LogP contribution in [-0.2, 0) is 30.3 Å². The van der Waals surface area contributed by atoms with Gasteiger partial charge in [0.15, 0.2) is 11.9 Å². The molecule has 2 aromatic heterocycles. The number of nitrogens with one attached hydrogen (secondary N) is 3. The summed E-state index contributed by atoms with van der Waals surface area (Å²) in [4.78, 5) is 56.9. The van der Waals surface area contributed by atoms with Crippen LogP contribution in [0, 0.1) is 0 Å². The lowest BCUT2D eigenvalue weighted by Crippen LogP contribution is -2.59. The van der Waals surface area contributed by atoms with Gasteiger partial charge in [-0.05, 0) is 69.5 Å². The van der Waals surface area contributed by atoms with Crippen LogP contribution in [0.15, 0.2) is 72.5 Å². The smallest absolute Gasteiger partial charge is 0.408 e. The molecular weight excluding hydrogens is 594 g/mol. The van der Waals surface area contributed by atoms with Gasteiger partial charge >= 0.3 is 12.1 Å². The first-order valence-electron chi connectivity index (χ1n) is 14.6. The van der Waals surface area contributed by atoms with Crippen molar-refractivity contribution in [3.63, 3.8) is 0 Å². The van der Waals surface area contributed by atoms with Crippen molar-refractivity contribution in [3.05, 3.63) is 83.6 Å². The van der Waals surface area contributed by atoms with Gasteiger partial charge in [0.1, 0.15) is 17.2 Å². The molecule has 45 heavy (non-hydrogen) atoms. The highest BCUT2D eigenvalue weighted by Crippen LogP contribution is 2.27. The molecule has 0 bridgehead atoms. The summed E-state index contributed by atoms with van der Waals surface area (Å²) in [5, 5.41) is 11.1. The van der Waals surface area contributed by atoms with E-state index in [9.17, 15) is 19.2 Å². The quantitative estimate of drug-likeness (QED) is 0.192. The zero-order valence-corrected chi connectivity index (χ0v) is 27.1. The first kappa shape index (κ1) is 33.2. The molecule has 12 heteroatoms. The third kappa shape index (κ3) is 8.69. The Morgan fingerprint density at radius 1 is 0.978 bits per heavy atom. The monoisotopic (exact) mass is 633 g/mol. The number of alkyl carbamates (subject to hydrolysis) is 1. The van der Waals surface area contributed by atoms with Gasteiger partial charge in [0.2, 0.25) is 11.8 Å². The van der Waals surface area contributed by atoms with Gasteiger partial charge in [0.25, 0.3) is 0 Å². The van der Waals surface area contributed by atoms with Gasteiger partial charge in [0, 0.05) is 17.3 Å². The summed E-state index contributed by atoms with van der Waals surface area (Å²) in [7, 11) is 0. The Morgan fingerprint density at radius 2 is 1.67 bits per heavy atom. The molecule has 11 nitrogen and oxygen atoms in total. The maximum absolute atomic E-state index is 13.8. The summed E-state index contributed by atoms with van der Waals surface area (Å²) in [6, 6.07) is 15.1. The van der Waals surface area contributed by atoms with Crippen LogP contribution < -0.4 is 16.0 Å². The Morgan fingerprint density at radius 3 is 2.36 bits per heavy atom. The van der Waals surface area contributed by atoms with Crippen molar-refractivity contribution in [2.24, 2.45) is 0 Å². The molecule has 2 atom stereocenters. The van der Waals surface area contributed by atoms with Gasteiger partial charge in [-0.2, -0.15) is 0 Å². The van der Waals surface area contributed by atoms with Crippen LogP contribution in [-0.4, -0.2) is 57.2 Å². The third-order valence-corrected chi connectivity index (χ3v) is 7.78. The molecule has 1 unspecified atom stereocenters. The minimum absolute atomic E-state index is 0.181. The van der Waals surface area contributed by atoms with E-state index >= 15 is 0 Å². The first-order valence-corrected chi connectivity index (χ1v) is 15.5. The van der Waals surface area contributed by atoms with Crippen LogP contribution in [0.1, 0.15) is 58.7 Å². The number of ether oxygens (including phenoxy) is 2. The van der Waals surface area contributed by atoms with E-state index in [2.05, 4.69) is 20.9 Å². The van der Waals surface area contributed by atoms with Crippen LogP contribution in [0.5, 0.6) is 0 Å². The zero-order valence-electron chi connectivity index (χ0n) is 26.2. The average Bonchev–Trinajstić information content (AvgIpc) is 3.59. The van der Waals surface area contributed by atoms with E-state index in [-0.39, 0.29) is 18.8 Å². The average molecular weight is 634 g/mol. The maximum Gasteiger partial charge on any atom is 0.408 e. The highest BCUT2D eigenvalue weighted by molar-refractivity contribution is 7.17. The molecule has 2 heterocycles. The predicted octanol–water partition coefficient (Wildman–Crippen LogP) is 5.22. The lowest BCUT2D eigenvalue weighted by Gasteiger charge is -2.29. The molecule has 0 saturated carbocycles. The highest BCUT2D eigenvalue weighted by Gasteiger charge is 2.35. The van der Waals surface area contributed by atoms with E-state index in [1.165, 1.54) is 20.2 Å². The third-order valence-electron chi connectivity index (χ3n) is 6.76. The Labute approximate surface area is 266 Å². The van der Waals surface area contributed by atoms with Crippen molar-refractivity contribution in [3.8, 4) is 0 Å². The molecule has 0 spiro atoms. The fourth-order valence-corrected chi connectivity index (χ4v) is 5.59. The summed E-state index contributed by atoms with van der Waals surface area (Å²) in [6.07, 6.45) is 2.41. The van der Waals surface area contributed by atoms with Gasteiger partial charge < -0.3 is 30.0 Å². The van der Waals surface area contributed by atoms with Gasteiger partial charge in [-0.3, -0.25) is 9.59 Å². The number of benzene rings is 2. The standard InChI is InChI=1S/C33H39N5O6S/c1-7-43-29(40)27(21-13-9-8-10-14-21)38-18-26(34-20-38)36-28(39)24(17-22-19-45-25-16-12-11-15-23(22)25)35-30(41)33(5,6)37-31(42)44-32(2,3)4/h8-16,18-20,24,27H,7,17H2,1-6H3,(H,35,41)(H,36,39)(H,37,42)/t24-,27?/m1/s1. The van der Waals surface area contributed by atoms with Gasteiger partial charge in [-0.1, -0.05) is 48.5 Å². The highest BCUT2D eigenvalue weighted by atomic mass is 32.1. The second-order valence-corrected chi connectivity index (χ2v) is 12.9. The molecule has 3 amide bonds. The number of nitrogens with zero attached hydrogens (tertiary/aromatic N) is 2. The van der Waals surface area contributed by atoms with E-state index in [0.717, 1.165) is 15.6 Å². The minimum atomic E-state index is -1.40. The van der Waals surface area contributed by atoms with Crippen molar-refractivity contribution in [1.82, 2.24) is 20.2 Å². The molecule has 4 rings (SSSR count). The number of thiophene rings is 1. The number of carbonyl (C=O) groups excluding carboxylic acids is 4. The Hall–Kier alpha value is -4.71. The number of aromatic nitrogens is 2. The van der Waals surface area contributed by atoms with Crippen LogP contribution in [0.3, 0.4) is 0 Å². The van der Waals surface area contributed by atoms with Crippen LogP contribution in [0.25, 0.3) is 10.1 Å². The Bertz CT molecular complexity index is 1660. The summed E-state index contributed by atoms with van der Waals surface area (Å²) in [5.41, 5.74) is -0.580. The summed E-state index contributed by atoms with van der Waals surface area (Å²) >= 11 is 1.54. The van der Waals surface area contributed by atoms with Crippen molar-refractivity contribution >= 4 is 51.1 Å². The number of esters is 1. The number of hydrogen-bond donors (Lipinski definition) is 3. The van der Waals surface area contributed by atoms with E-state index in [1.807, 2.05) is 60.0 Å². The molecule has 0 aliphatic carbocycles. The van der Waals surface area contributed by atoms with Gasteiger partial charge in [-0.15, -0.1) is 11.3 Å². The Kier molecular flexibility index (Phi) is 10.3. The maximum atomic E-state index is 13.8. The molecule has 2 aromatic carbocycles. The second-order valence-electron chi connectivity index (χ2n) is 12.0. The number of hydrogen-bond acceptors (Lipinski definition) is 8. The molecule has 0 aliphatic heterocycles. The van der Waals surface area contributed by atoms with Gasteiger partial charge in [0.05, 0.1) is 12.9 Å². The number of anilines is 1. The SMILES string of the molecule is CCOC(=O)C(c1ccccc1)n1cnc(NC(=O)[C@@H](Cc2csc3ccccc23)NC(=O)C(C)(C)NC(=O)OC(C)(C)C)c1. The summed E-state index contributed by atoms with van der Waals surface area (Å²) < 4.78 is 13.2. The fourth-order valence-electron chi connectivity index (χ4n) is 4.62. The lowest BCUT2D eigenvalue weighted by molar-refractivity contribution is -0.145. The van der Waals surface area contributed by atoms with Crippen LogP contribution >= 0.6 is 11.3 Å².